The summed E-state index contributed by atoms with van der Waals surface area (Å²) in [5.41, 5.74) is 2.77. The second kappa shape index (κ2) is 7.86. The highest BCUT2D eigenvalue weighted by atomic mass is 79.9. The van der Waals surface area contributed by atoms with Crippen LogP contribution in [-0.4, -0.2) is 23.8 Å². The molecule has 0 fully saturated rings. The zero-order valence-electron chi connectivity index (χ0n) is 10.4. The van der Waals surface area contributed by atoms with Crippen molar-refractivity contribution in [3.05, 3.63) is 35.4 Å². The van der Waals surface area contributed by atoms with E-state index >= 15 is 0 Å². The Morgan fingerprint density at radius 3 is 2.69 bits per heavy atom. The maximum Gasteiger partial charge on any atom is 0.0230 e. The lowest BCUT2D eigenvalue weighted by molar-refractivity contribution is 0.318. The van der Waals surface area contributed by atoms with Crippen LogP contribution < -0.4 is 0 Å². The van der Waals surface area contributed by atoms with Crippen LogP contribution in [0.25, 0.3) is 0 Å². The smallest absolute Gasteiger partial charge is 0.0230 e. The van der Waals surface area contributed by atoms with Gasteiger partial charge in [-0.1, -0.05) is 52.2 Å². The fraction of sp³-hybridized carbons (Fsp3) is 0.571. The largest absolute Gasteiger partial charge is 0.302 e. The molecule has 1 nitrogen and oxygen atoms in total. The van der Waals surface area contributed by atoms with Gasteiger partial charge in [-0.3, -0.25) is 0 Å². The zero-order valence-corrected chi connectivity index (χ0v) is 12.0. The van der Waals surface area contributed by atoms with E-state index in [0.717, 1.165) is 11.9 Å². The van der Waals surface area contributed by atoms with Crippen molar-refractivity contribution in [1.29, 1.82) is 0 Å². The van der Waals surface area contributed by atoms with E-state index in [4.69, 9.17) is 0 Å². The summed E-state index contributed by atoms with van der Waals surface area (Å²) in [6, 6.07) is 8.78. The van der Waals surface area contributed by atoms with Gasteiger partial charge in [0.1, 0.15) is 0 Å². The fourth-order valence-electron chi connectivity index (χ4n) is 1.85. The molecule has 0 spiro atoms. The first-order chi connectivity index (χ1) is 7.72. The summed E-state index contributed by atoms with van der Waals surface area (Å²) in [4.78, 5) is 2.41. The van der Waals surface area contributed by atoms with Gasteiger partial charge in [0.25, 0.3) is 0 Å². The molecule has 90 valence electrons. The van der Waals surface area contributed by atoms with Gasteiger partial charge in [-0.2, -0.15) is 0 Å². The molecule has 0 aliphatic rings. The first-order valence-corrected chi connectivity index (χ1v) is 7.14. The van der Waals surface area contributed by atoms with E-state index in [-0.39, 0.29) is 0 Å². The number of rotatable bonds is 7. The average molecular weight is 284 g/mol. The van der Waals surface area contributed by atoms with Gasteiger partial charge in [-0.05, 0) is 38.9 Å². The Hall–Kier alpha value is -0.340. The van der Waals surface area contributed by atoms with Crippen LogP contribution in [0.3, 0.4) is 0 Å². The summed E-state index contributed by atoms with van der Waals surface area (Å²) >= 11 is 3.46. The van der Waals surface area contributed by atoms with Crippen LogP contribution in [0.2, 0.25) is 0 Å². The topological polar surface area (TPSA) is 3.24 Å². The highest BCUT2D eigenvalue weighted by Gasteiger charge is 2.00. The van der Waals surface area contributed by atoms with E-state index in [1.807, 2.05) is 0 Å². The van der Waals surface area contributed by atoms with Gasteiger partial charge in [0.2, 0.25) is 0 Å². The van der Waals surface area contributed by atoms with Crippen LogP contribution in [0, 0.1) is 6.92 Å². The molecule has 1 aromatic rings. The van der Waals surface area contributed by atoms with Crippen molar-refractivity contribution in [3.8, 4) is 0 Å². The van der Waals surface area contributed by atoms with Gasteiger partial charge >= 0.3 is 0 Å². The van der Waals surface area contributed by atoms with Crippen molar-refractivity contribution in [2.75, 3.05) is 18.9 Å². The predicted octanol–water partition coefficient (Wildman–Crippen LogP) is 3.99. The predicted molar refractivity (Wildman–Crippen MR) is 75.2 cm³/mol. The Morgan fingerprint density at radius 1 is 1.19 bits per heavy atom. The molecule has 0 heterocycles. The quantitative estimate of drug-likeness (QED) is 0.540. The standard InChI is InChI=1S/C14H22BrN/c1-13-7-6-8-14(11-13)12-16(2)10-5-3-4-9-15/h6-8,11H,3-5,9-10,12H2,1-2H3. The van der Waals surface area contributed by atoms with Crippen molar-refractivity contribution in [3.63, 3.8) is 0 Å². The highest BCUT2D eigenvalue weighted by molar-refractivity contribution is 9.09. The third-order valence-electron chi connectivity index (χ3n) is 2.71. The molecule has 1 aromatic carbocycles. The highest BCUT2D eigenvalue weighted by Crippen LogP contribution is 2.07. The second-order valence-electron chi connectivity index (χ2n) is 4.48. The van der Waals surface area contributed by atoms with Crippen molar-refractivity contribution >= 4 is 15.9 Å². The summed E-state index contributed by atoms with van der Waals surface area (Å²) < 4.78 is 0. The monoisotopic (exact) mass is 283 g/mol. The number of alkyl halides is 1. The summed E-state index contributed by atoms with van der Waals surface area (Å²) in [7, 11) is 2.20. The molecule has 0 N–H and O–H groups in total. The van der Waals surface area contributed by atoms with E-state index in [1.54, 1.807) is 0 Å². The van der Waals surface area contributed by atoms with Crippen molar-refractivity contribution in [1.82, 2.24) is 4.90 Å². The third-order valence-corrected chi connectivity index (χ3v) is 3.27. The minimum Gasteiger partial charge on any atom is -0.302 e. The second-order valence-corrected chi connectivity index (χ2v) is 5.27. The lowest BCUT2D eigenvalue weighted by Gasteiger charge is -2.16. The van der Waals surface area contributed by atoms with Crippen LogP contribution in [0.4, 0.5) is 0 Å². The Morgan fingerprint density at radius 2 is 2.00 bits per heavy atom. The summed E-state index contributed by atoms with van der Waals surface area (Å²) in [5, 5.41) is 1.13. The Labute approximate surface area is 108 Å². The average Bonchev–Trinajstić information content (AvgIpc) is 2.24. The number of benzene rings is 1. The van der Waals surface area contributed by atoms with Gasteiger partial charge < -0.3 is 4.90 Å². The van der Waals surface area contributed by atoms with Crippen LogP contribution >= 0.6 is 15.9 Å². The lowest BCUT2D eigenvalue weighted by atomic mass is 10.1. The van der Waals surface area contributed by atoms with Gasteiger partial charge in [0.05, 0.1) is 0 Å². The van der Waals surface area contributed by atoms with Crippen molar-refractivity contribution < 1.29 is 0 Å². The number of hydrogen-bond donors (Lipinski definition) is 0. The molecule has 0 saturated carbocycles. The molecule has 0 aliphatic heterocycles. The van der Waals surface area contributed by atoms with E-state index in [1.165, 1.54) is 36.9 Å². The first-order valence-electron chi connectivity index (χ1n) is 6.02. The molecule has 0 atom stereocenters. The molecule has 0 aromatic heterocycles. The Kier molecular flexibility index (Phi) is 6.74. The Bertz CT molecular complexity index is 299. The molecular formula is C14H22BrN. The van der Waals surface area contributed by atoms with Crippen LogP contribution in [0.15, 0.2) is 24.3 Å². The minimum atomic E-state index is 1.07. The number of unbranched alkanes of at least 4 members (excludes halogenated alkanes) is 2. The number of hydrogen-bond acceptors (Lipinski definition) is 1. The van der Waals surface area contributed by atoms with Crippen molar-refractivity contribution in [2.45, 2.75) is 32.7 Å². The molecule has 0 amide bonds. The van der Waals surface area contributed by atoms with Crippen LogP contribution in [0.5, 0.6) is 0 Å². The summed E-state index contributed by atoms with van der Waals surface area (Å²) in [6.07, 6.45) is 3.91. The normalized spacial score (nSPS) is 11.0. The SMILES string of the molecule is Cc1cccc(CN(C)CCCCCBr)c1. The van der Waals surface area contributed by atoms with E-state index in [2.05, 4.69) is 59.1 Å². The maximum atomic E-state index is 3.46. The number of halogens is 1. The first kappa shape index (κ1) is 13.7. The molecule has 0 unspecified atom stereocenters. The Balaban J connectivity index is 2.25. The number of aryl methyl sites for hydroxylation is 1. The van der Waals surface area contributed by atoms with Gasteiger partial charge in [-0.25, -0.2) is 0 Å². The van der Waals surface area contributed by atoms with Crippen molar-refractivity contribution in [2.24, 2.45) is 0 Å². The lowest BCUT2D eigenvalue weighted by Crippen LogP contribution is -2.19. The summed E-state index contributed by atoms with van der Waals surface area (Å²) in [5.74, 6) is 0. The molecule has 16 heavy (non-hydrogen) atoms. The molecule has 0 radical (unpaired) electrons. The molecule has 0 bridgehead atoms. The fourth-order valence-corrected chi connectivity index (χ4v) is 2.25. The van der Waals surface area contributed by atoms with E-state index in [9.17, 15) is 0 Å². The van der Waals surface area contributed by atoms with Gasteiger partial charge in [-0.15, -0.1) is 0 Å². The van der Waals surface area contributed by atoms with Crippen LogP contribution in [-0.2, 0) is 6.54 Å². The summed E-state index contributed by atoms with van der Waals surface area (Å²) in [6.45, 7) is 4.41. The molecule has 0 saturated heterocycles. The minimum absolute atomic E-state index is 1.07. The van der Waals surface area contributed by atoms with Crippen LogP contribution in [0.1, 0.15) is 30.4 Å². The maximum absolute atomic E-state index is 3.46. The molecule has 0 aliphatic carbocycles. The van der Waals surface area contributed by atoms with E-state index in [0.29, 0.717) is 0 Å². The van der Waals surface area contributed by atoms with Gasteiger partial charge in [0, 0.05) is 11.9 Å². The molecular weight excluding hydrogens is 262 g/mol. The van der Waals surface area contributed by atoms with E-state index < -0.39 is 0 Å². The zero-order chi connectivity index (χ0) is 11.8. The number of nitrogens with zero attached hydrogens (tertiary/aromatic N) is 1. The molecule has 2 heteroatoms. The van der Waals surface area contributed by atoms with Gasteiger partial charge in [0.15, 0.2) is 0 Å². The molecule has 1 rings (SSSR count). The third kappa shape index (κ3) is 5.66.